The Labute approximate surface area is 124 Å². The van der Waals surface area contributed by atoms with E-state index in [-0.39, 0.29) is 0 Å². The van der Waals surface area contributed by atoms with Gasteiger partial charge in [0.1, 0.15) is 12.4 Å². The van der Waals surface area contributed by atoms with Crippen LogP contribution in [0.2, 0.25) is 0 Å². The van der Waals surface area contributed by atoms with E-state index < -0.39 is 5.97 Å². The zero-order valence-electron chi connectivity index (χ0n) is 12.0. The van der Waals surface area contributed by atoms with E-state index in [2.05, 4.69) is 6.92 Å². The molecule has 0 aliphatic heterocycles. The van der Waals surface area contributed by atoms with Crippen LogP contribution in [0.5, 0.6) is 5.75 Å². The molecule has 1 N–H and O–H groups in total. The summed E-state index contributed by atoms with van der Waals surface area (Å²) < 4.78 is 5.88. The summed E-state index contributed by atoms with van der Waals surface area (Å²) >= 11 is 0. The first-order valence-corrected chi connectivity index (χ1v) is 6.90. The second-order valence-corrected chi connectivity index (χ2v) is 4.62. The largest absolute Gasteiger partial charge is 0.489 e. The number of hydrogen-bond donors (Lipinski definition) is 1. The lowest BCUT2D eigenvalue weighted by atomic mass is 10.1. The van der Waals surface area contributed by atoms with Gasteiger partial charge in [0.15, 0.2) is 0 Å². The van der Waals surface area contributed by atoms with Gasteiger partial charge in [-0.15, -0.1) is 0 Å². The van der Waals surface area contributed by atoms with Crippen LogP contribution in [0.4, 0.5) is 0 Å². The number of carboxylic acid groups (broad SMARTS) is 1. The molecule has 0 atom stereocenters. The van der Waals surface area contributed by atoms with E-state index in [1.807, 2.05) is 48.5 Å². The molecule has 0 unspecified atom stereocenters. The zero-order valence-corrected chi connectivity index (χ0v) is 12.0. The van der Waals surface area contributed by atoms with Crippen molar-refractivity contribution >= 4 is 12.0 Å². The van der Waals surface area contributed by atoms with Crippen LogP contribution in [-0.4, -0.2) is 11.1 Å². The average Bonchev–Trinajstić information content (AvgIpc) is 2.51. The molecule has 2 rings (SSSR count). The molecule has 0 heterocycles. The molecule has 108 valence electrons. The summed E-state index contributed by atoms with van der Waals surface area (Å²) in [4.78, 5) is 10.6. The van der Waals surface area contributed by atoms with Crippen molar-refractivity contribution in [3.05, 3.63) is 71.3 Å². The Hall–Kier alpha value is -2.55. The summed E-state index contributed by atoms with van der Waals surface area (Å²) in [5.41, 5.74) is 2.98. The van der Waals surface area contributed by atoms with Crippen LogP contribution < -0.4 is 4.74 Å². The predicted octanol–water partition coefficient (Wildman–Crippen LogP) is 3.93. The van der Waals surface area contributed by atoms with Crippen LogP contribution in [0.1, 0.15) is 23.6 Å². The highest BCUT2D eigenvalue weighted by Crippen LogP contribution is 2.21. The summed E-state index contributed by atoms with van der Waals surface area (Å²) in [5, 5.41) is 8.72. The molecule has 0 spiro atoms. The van der Waals surface area contributed by atoms with Crippen molar-refractivity contribution in [3.8, 4) is 5.75 Å². The topological polar surface area (TPSA) is 46.5 Å². The average molecular weight is 282 g/mol. The van der Waals surface area contributed by atoms with E-state index in [9.17, 15) is 4.79 Å². The van der Waals surface area contributed by atoms with E-state index in [4.69, 9.17) is 9.84 Å². The molecule has 0 fully saturated rings. The molecule has 2 aromatic rings. The molecule has 2 aromatic carbocycles. The van der Waals surface area contributed by atoms with Gasteiger partial charge in [0.2, 0.25) is 0 Å². The number of para-hydroxylation sites is 1. The first-order chi connectivity index (χ1) is 10.2. The lowest BCUT2D eigenvalue weighted by Crippen LogP contribution is -2.00. The fraction of sp³-hybridized carbons (Fsp3) is 0.167. The van der Waals surface area contributed by atoms with Crippen molar-refractivity contribution in [3.63, 3.8) is 0 Å². The highest BCUT2D eigenvalue weighted by Gasteiger charge is 2.04. The Morgan fingerprint density at radius 1 is 1.10 bits per heavy atom. The van der Waals surface area contributed by atoms with Gasteiger partial charge in [-0.05, 0) is 35.3 Å². The van der Waals surface area contributed by atoms with Crippen LogP contribution in [0.25, 0.3) is 6.08 Å². The second kappa shape index (κ2) is 7.29. The van der Waals surface area contributed by atoms with Gasteiger partial charge in [0.25, 0.3) is 0 Å². The van der Waals surface area contributed by atoms with Crippen LogP contribution in [0.3, 0.4) is 0 Å². The van der Waals surface area contributed by atoms with Crippen LogP contribution in [-0.2, 0) is 17.8 Å². The Morgan fingerprint density at radius 2 is 1.76 bits per heavy atom. The quantitative estimate of drug-likeness (QED) is 0.817. The highest BCUT2D eigenvalue weighted by molar-refractivity contribution is 5.85. The van der Waals surface area contributed by atoms with Gasteiger partial charge < -0.3 is 9.84 Å². The Bertz CT molecular complexity index is 644. The number of carboxylic acids is 1. The van der Waals surface area contributed by atoms with Gasteiger partial charge in [-0.2, -0.15) is 0 Å². The van der Waals surface area contributed by atoms with E-state index in [0.29, 0.717) is 6.61 Å². The first kappa shape index (κ1) is 14.9. The summed E-state index contributed by atoms with van der Waals surface area (Å²) in [6, 6.07) is 15.6. The van der Waals surface area contributed by atoms with Crippen LogP contribution in [0, 0.1) is 0 Å². The monoisotopic (exact) mass is 282 g/mol. The number of ether oxygens (including phenoxy) is 1. The molecule has 0 saturated carbocycles. The number of benzene rings is 2. The fourth-order valence-corrected chi connectivity index (χ4v) is 2.08. The maximum Gasteiger partial charge on any atom is 0.328 e. The van der Waals surface area contributed by atoms with Crippen molar-refractivity contribution in [1.82, 2.24) is 0 Å². The summed E-state index contributed by atoms with van der Waals surface area (Å²) in [7, 11) is 0. The predicted molar refractivity (Wildman–Crippen MR) is 83.3 cm³/mol. The minimum atomic E-state index is -0.956. The van der Waals surface area contributed by atoms with Gasteiger partial charge in [-0.3, -0.25) is 0 Å². The van der Waals surface area contributed by atoms with Crippen molar-refractivity contribution in [1.29, 1.82) is 0 Å². The standard InChI is InChI=1S/C18H18O3/c1-2-14-7-5-6-10-17(14)21-13-16-9-4-3-8-15(16)11-12-18(19)20/h3-12H,2,13H2,1H3,(H,19,20). The maximum atomic E-state index is 10.6. The third kappa shape index (κ3) is 4.21. The van der Waals surface area contributed by atoms with E-state index in [0.717, 1.165) is 34.9 Å². The first-order valence-electron chi connectivity index (χ1n) is 6.90. The van der Waals surface area contributed by atoms with Crippen molar-refractivity contribution in [2.75, 3.05) is 0 Å². The summed E-state index contributed by atoms with van der Waals surface area (Å²) in [6.07, 6.45) is 3.64. The highest BCUT2D eigenvalue weighted by atomic mass is 16.5. The molecule has 3 nitrogen and oxygen atoms in total. The molecule has 0 aliphatic carbocycles. The molecule has 0 radical (unpaired) electrons. The minimum Gasteiger partial charge on any atom is -0.489 e. The SMILES string of the molecule is CCc1ccccc1OCc1ccccc1C=CC(=O)O. The van der Waals surface area contributed by atoms with Gasteiger partial charge >= 0.3 is 5.97 Å². The number of aliphatic carboxylic acids is 1. The van der Waals surface area contributed by atoms with Gasteiger partial charge in [-0.1, -0.05) is 49.4 Å². The lowest BCUT2D eigenvalue weighted by Gasteiger charge is -2.11. The molecule has 0 amide bonds. The summed E-state index contributed by atoms with van der Waals surface area (Å²) in [6.45, 7) is 2.50. The zero-order chi connectivity index (χ0) is 15.1. The normalized spacial score (nSPS) is 10.7. The van der Waals surface area contributed by atoms with Crippen LogP contribution in [0.15, 0.2) is 54.6 Å². The van der Waals surface area contributed by atoms with Crippen LogP contribution >= 0.6 is 0 Å². The van der Waals surface area contributed by atoms with E-state index in [1.165, 1.54) is 0 Å². The second-order valence-electron chi connectivity index (χ2n) is 4.62. The van der Waals surface area contributed by atoms with E-state index >= 15 is 0 Å². The fourth-order valence-electron chi connectivity index (χ4n) is 2.08. The van der Waals surface area contributed by atoms with E-state index in [1.54, 1.807) is 6.08 Å². The Balaban J connectivity index is 2.15. The number of aryl methyl sites for hydroxylation is 1. The molecular formula is C18H18O3. The van der Waals surface area contributed by atoms with Gasteiger partial charge in [0, 0.05) is 6.08 Å². The number of hydrogen-bond acceptors (Lipinski definition) is 2. The Kier molecular flexibility index (Phi) is 5.16. The van der Waals surface area contributed by atoms with Crippen molar-refractivity contribution in [2.24, 2.45) is 0 Å². The molecular weight excluding hydrogens is 264 g/mol. The Morgan fingerprint density at radius 3 is 2.48 bits per heavy atom. The van der Waals surface area contributed by atoms with Crippen molar-refractivity contribution in [2.45, 2.75) is 20.0 Å². The molecule has 0 aromatic heterocycles. The number of rotatable bonds is 6. The lowest BCUT2D eigenvalue weighted by molar-refractivity contribution is -0.131. The molecule has 0 bridgehead atoms. The molecule has 3 heteroatoms. The van der Waals surface area contributed by atoms with Gasteiger partial charge in [0.05, 0.1) is 0 Å². The number of carbonyl (C=O) groups is 1. The van der Waals surface area contributed by atoms with Crippen molar-refractivity contribution < 1.29 is 14.6 Å². The smallest absolute Gasteiger partial charge is 0.328 e. The van der Waals surface area contributed by atoms with Gasteiger partial charge in [-0.25, -0.2) is 4.79 Å². The minimum absolute atomic E-state index is 0.414. The molecule has 0 saturated heterocycles. The molecule has 0 aliphatic rings. The third-order valence-corrected chi connectivity index (χ3v) is 3.20. The maximum absolute atomic E-state index is 10.6. The summed E-state index contributed by atoms with van der Waals surface area (Å²) in [5.74, 6) is -0.0842. The third-order valence-electron chi connectivity index (χ3n) is 3.20. The molecule has 21 heavy (non-hydrogen) atoms.